The van der Waals surface area contributed by atoms with Crippen LogP contribution >= 0.6 is 0 Å². The molecule has 0 unspecified atom stereocenters. The zero-order chi connectivity index (χ0) is 14.7. The van der Waals surface area contributed by atoms with Crippen molar-refractivity contribution >= 4 is 11.6 Å². The quantitative estimate of drug-likeness (QED) is 0.653. The molecule has 1 N–H and O–H groups in total. The lowest BCUT2D eigenvalue weighted by molar-refractivity contribution is -0.388. The molecule has 112 valence electrons. The van der Waals surface area contributed by atoms with E-state index in [1.54, 1.807) is 6.92 Å². The maximum Gasteiger partial charge on any atom is 0.406 e. The average Bonchev–Trinajstić information content (AvgIpc) is 2.74. The van der Waals surface area contributed by atoms with Crippen molar-refractivity contribution in [2.24, 2.45) is 13.0 Å². The van der Waals surface area contributed by atoms with Gasteiger partial charge < -0.3 is 20.3 Å². The summed E-state index contributed by atoms with van der Waals surface area (Å²) in [4.78, 5) is 16.9. The first-order chi connectivity index (χ1) is 9.54. The van der Waals surface area contributed by atoms with E-state index in [0.717, 1.165) is 32.5 Å². The van der Waals surface area contributed by atoms with Crippen LogP contribution in [0, 0.1) is 23.0 Å². The lowest BCUT2D eigenvalue weighted by atomic mass is 9.93. The molecule has 0 spiro atoms. The summed E-state index contributed by atoms with van der Waals surface area (Å²) in [5.41, 5.74) is 0. The molecule has 0 radical (unpaired) electrons. The van der Waals surface area contributed by atoms with E-state index in [0.29, 0.717) is 17.6 Å². The number of aryl methyl sites for hydroxylation is 1. The molecule has 0 aromatic carbocycles. The highest BCUT2D eigenvalue weighted by atomic mass is 16.6. The Labute approximate surface area is 119 Å². The largest absolute Gasteiger partial charge is 0.406 e. The van der Waals surface area contributed by atoms with Gasteiger partial charge in [-0.1, -0.05) is 0 Å². The first kappa shape index (κ1) is 14.8. The van der Waals surface area contributed by atoms with Gasteiger partial charge in [-0.3, -0.25) is 4.57 Å². The number of hydrogen-bond donors (Lipinski definition) is 1. The van der Waals surface area contributed by atoms with E-state index in [-0.39, 0.29) is 10.7 Å². The summed E-state index contributed by atoms with van der Waals surface area (Å²) in [6, 6.07) is 0. The second-order valence-corrected chi connectivity index (χ2v) is 5.45. The molecule has 0 atom stereocenters. The fourth-order valence-electron chi connectivity index (χ4n) is 2.84. The molecule has 0 amide bonds. The molecule has 1 aromatic rings. The predicted octanol–water partition coefficient (Wildman–Crippen LogP) is 1.46. The summed E-state index contributed by atoms with van der Waals surface area (Å²) in [5, 5.41) is 14.3. The van der Waals surface area contributed by atoms with Gasteiger partial charge in [-0.05, 0) is 48.7 Å². The van der Waals surface area contributed by atoms with Crippen molar-refractivity contribution in [3.8, 4) is 0 Å². The highest BCUT2D eigenvalue weighted by molar-refractivity contribution is 5.56. The van der Waals surface area contributed by atoms with Crippen LogP contribution in [0.2, 0.25) is 0 Å². The lowest BCUT2D eigenvalue weighted by Crippen LogP contribution is -2.36. The van der Waals surface area contributed by atoms with E-state index in [9.17, 15) is 10.1 Å². The Kier molecular flexibility index (Phi) is 4.59. The summed E-state index contributed by atoms with van der Waals surface area (Å²) in [7, 11) is 3.81. The highest BCUT2D eigenvalue weighted by Crippen LogP contribution is 2.31. The molecule has 2 heterocycles. The topological polar surface area (TPSA) is 76.2 Å². The van der Waals surface area contributed by atoms with Gasteiger partial charge in [0, 0.05) is 27.1 Å². The molecule has 2 rings (SSSR count). The van der Waals surface area contributed by atoms with Gasteiger partial charge in [0.25, 0.3) is 0 Å². The maximum absolute atomic E-state index is 11.1. The molecular formula is C13H23N5O2. The molecule has 1 aliphatic heterocycles. The van der Waals surface area contributed by atoms with Gasteiger partial charge in [0.2, 0.25) is 11.6 Å². The zero-order valence-corrected chi connectivity index (χ0v) is 12.4. The zero-order valence-electron chi connectivity index (χ0n) is 12.4. The number of nitrogens with one attached hydrogen (secondary N) is 1. The van der Waals surface area contributed by atoms with Gasteiger partial charge in [0.05, 0.1) is 0 Å². The first-order valence-electron chi connectivity index (χ1n) is 7.11. The number of aromatic nitrogens is 2. The average molecular weight is 281 g/mol. The molecule has 0 saturated carbocycles. The van der Waals surface area contributed by atoms with Crippen molar-refractivity contribution in [3.05, 3.63) is 15.9 Å². The van der Waals surface area contributed by atoms with Gasteiger partial charge in [0.15, 0.2) is 0 Å². The van der Waals surface area contributed by atoms with Crippen molar-refractivity contribution in [2.75, 3.05) is 31.6 Å². The lowest BCUT2D eigenvalue weighted by Gasteiger charge is -2.32. The van der Waals surface area contributed by atoms with Crippen LogP contribution in [0.5, 0.6) is 0 Å². The number of nitrogens with zero attached hydrogens (tertiary/aromatic N) is 4. The summed E-state index contributed by atoms with van der Waals surface area (Å²) < 4.78 is 1.83. The van der Waals surface area contributed by atoms with Crippen molar-refractivity contribution in [1.82, 2.24) is 14.9 Å². The summed E-state index contributed by atoms with van der Waals surface area (Å²) >= 11 is 0. The number of hydrogen-bond acceptors (Lipinski definition) is 5. The number of piperidine rings is 1. The van der Waals surface area contributed by atoms with E-state index >= 15 is 0 Å². The Hall–Kier alpha value is -1.63. The monoisotopic (exact) mass is 281 g/mol. The third-order valence-electron chi connectivity index (χ3n) is 4.16. The Morgan fingerprint density at radius 3 is 2.65 bits per heavy atom. The summed E-state index contributed by atoms with van der Waals surface area (Å²) in [6.07, 6.45) is 3.35. The predicted molar refractivity (Wildman–Crippen MR) is 78.1 cm³/mol. The second kappa shape index (κ2) is 6.21. The molecule has 0 bridgehead atoms. The second-order valence-electron chi connectivity index (χ2n) is 5.45. The van der Waals surface area contributed by atoms with Crippen LogP contribution < -0.4 is 10.2 Å². The Bertz CT molecular complexity index is 477. The van der Waals surface area contributed by atoms with Crippen LogP contribution in [0.15, 0.2) is 0 Å². The molecule has 1 saturated heterocycles. The Morgan fingerprint density at radius 2 is 2.10 bits per heavy atom. The van der Waals surface area contributed by atoms with E-state index in [1.807, 2.05) is 18.7 Å². The molecular weight excluding hydrogens is 258 g/mol. The highest BCUT2D eigenvalue weighted by Gasteiger charge is 2.30. The van der Waals surface area contributed by atoms with Crippen LogP contribution in [0.4, 0.5) is 11.6 Å². The van der Waals surface area contributed by atoms with Crippen LogP contribution in [0.1, 0.15) is 25.1 Å². The maximum atomic E-state index is 11.1. The van der Waals surface area contributed by atoms with Gasteiger partial charge >= 0.3 is 5.82 Å². The van der Waals surface area contributed by atoms with Gasteiger partial charge in [-0.25, -0.2) is 0 Å². The van der Waals surface area contributed by atoms with Gasteiger partial charge in [-0.15, -0.1) is 0 Å². The molecule has 1 aliphatic rings. The minimum absolute atomic E-state index is 0.0151. The standard InChI is InChI=1S/C13H23N5O2/c1-10-15-12(18(19)20)13(16(10)3)17-8-5-11(6-9-17)4-7-14-2/h11,14H,4-9H2,1-3H3. The summed E-state index contributed by atoms with van der Waals surface area (Å²) in [6.45, 7) is 4.58. The number of nitro groups is 1. The molecule has 7 heteroatoms. The number of imidazole rings is 1. The first-order valence-corrected chi connectivity index (χ1v) is 7.11. The van der Waals surface area contributed by atoms with Crippen LogP contribution in [-0.4, -0.2) is 41.2 Å². The van der Waals surface area contributed by atoms with Crippen molar-refractivity contribution in [2.45, 2.75) is 26.2 Å². The van der Waals surface area contributed by atoms with Gasteiger partial charge in [-0.2, -0.15) is 0 Å². The fraction of sp³-hybridized carbons (Fsp3) is 0.769. The van der Waals surface area contributed by atoms with Gasteiger partial charge in [0.1, 0.15) is 0 Å². The molecule has 7 nitrogen and oxygen atoms in total. The summed E-state index contributed by atoms with van der Waals surface area (Å²) in [5.74, 6) is 2.04. The van der Waals surface area contributed by atoms with Crippen LogP contribution in [-0.2, 0) is 7.05 Å². The number of anilines is 1. The third kappa shape index (κ3) is 2.92. The van der Waals surface area contributed by atoms with E-state index in [4.69, 9.17) is 0 Å². The number of rotatable bonds is 5. The SMILES string of the molecule is CNCCC1CCN(c2c([N+](=O)[O-])nc(C)n2C)CC1. The molecule has 1 aromatic heterocycles. The van der Waals surface area contributed by atoms with Crippen LogP contribution in [0.25, 0.3) is 0 Å². The van der Waals surface area contributed by atoms with Crippen LogP contribution in [0.3, 0.4) is 0 Å². The fourth-order valence-corrected chi connectivity index (χ4v) is 2.84. The smallest absolute Gasteiger partial charge is 0.358 e. The van der Waals surface area contributed by atoms with Crippen molar-refractivity contribution in [3.63, 3.8) is 0 Å². The van der Waals surface area contributed by atoms with Crippen molar-refractivity contribution in [1.29, 1.82) is 0 Å². The van der Waals surface area contributed by atoms with E-state index < -0.39 is 0 Å². The molecule has 1 fully saturated rings. The minimum Gasteiger partial charge on any atom is -0.358 e. The molecule has 0 aliphatic carbocycles. The Balaban J connectivity index is 2.09. The third-order valence-corrected chi connectivity index (χ3v) is 4.16. The Morgan fingerprint density at radius 1 is 1.45 bits per heavy atom. The van der Waals surface area contributed by atoms with E-state index in [1.165, 1.54) is 6.42 Å². The minimum atomic E-state index is -0.380. The normalized spacial score (nSPS) is 16.6. The van der Waals surface area contributed by atoms with Crippen molar-refractivity contribution < 1.29 is 4.92 Å². The molecule has 20 heavy (non-hydrogen) atoms. The van der Waals surface area contributed by atoms with E-state index in [2.05, 4.69) is 15.2 Å².